The predicted octanol–water partition coefficient (Wildman–Crippen LogP) is 2.97. The van der Waals surface area contributed by atoms with Crippen LogP contribution in [0.2, 0.25) is 0 Å². The number of likely N-dealkylation sites (tertiary alicyclic amines) is 1. The Balaban J connectivity index is 1.67. The lowest BCUT2D eigenvalue weighted by Crippen LogP contribution is -2.47. The molecular formula is C17H22F3N3O3S. The highest BCUT2D eigenvalue weighted by atomic mass is 32.2. The normalized spacial score (nSPS) is 19.5. The van der Waals surface area contributed by atoms with Crippen LogP contribution in [0.1, 0.15) is 25.5 Å². The van der Waals surface area contributed by atoms with E-state index < -0.39 is 16.4 Å². The SMILES string of the molecule is CCS(=O)(=O)N[C@@H]1CCCN(Cc2cc3cc(OC(F)(F)F)ccc3[nH]2)C1. The van der Waals surface area contributed by atoms with Gasteiger partial charge in [0.15, 0.2) is 0 Å². The maximum Gasteiger partial charge on any atom is 0.573 e. The largest absolute Gasteiger partial charge is 0.573 e. The van der Waals surface area contributed by atoms with E-state index in [2.05, 4.69) is 19.3 Å². The zero-order valence-corrected chi connectivity index (χ0v) is 15.7. The number of hydrogen-bond donors (Lipinski definition) is 2. The first-order chi connectivity index (χ1) is 12.6. The summed E-state index contributed by atoms with van der Waals surface area (Å²) in [4.78, 5) is 5.32. The van der Waals surface area contributed by atoms with Crippen LogP contribution in [0.15, 0.2) is 24.3 Å². The number of benzene rings is 1. The van der Waals surface area contributed by atoms with E-state index in [0.717, 1.165) is 30.6 Å². The molecule has 150 valence electrons. The Hall–Kier alpha value is -1.78. The van der Waals surface area contributed by atoms with Gasteiger partial charge in [0.1, 0.15) is 5.75 Å². The van der Waals surface area contributed by atoms with E-state index in [4.69, 9.17) is 0 Å². The zero-order chi connectivity index (χ0) is 19.7. The van der Waals surface area contributed by atoms with Crippen LogP contribution in [0.3, 0.4) is 0 Å². The molecule has 0 spiro atoms. The number of aromatic nitrogens is 1. The first-order valence-electron chi connectivity index (χ1n) is 8.73. The molecule has 1 aromatic carbocycles. The Bertz CT molecular complexity index is 896. The van der Waals surface area contributed by atoms with E-state index in [0.29, 0.717) is 18.5 Å². The minimum atomic E-state index is -4.72. The lowest BCUT2D eigenvalue weighted by Gasteiger charge is -2.32. The van der Waals surface area contributed by atoms with Crippen LogP contribution >= 0.6 is 0 Å². The Kier molecular flexibility index (Phi) is 5.68. The number of rotatable bonds is 6. The van der Waals surface area contributed by atoms with Gasteiger partial charge in [0.05, 0.1) is 5.75 Å². The van der Waals surface area contributed by atoms with Gasteiger partial charge in [-0.15, -0.1) is 13.2 Å². The Labute approximate surface area is 155 Å². The van der Waals surface area contributed by atoms with E-state index in [1.54, 1.807) is 19.1 Å². The first-order valence-corrected chi connectivity index (χ1v) is 10.4. The number of hydrogen-bond acceptors (Lipinski definition) is 4. The van der Waals surface area contributed by atoms with Crippen molar-refractivity contribution in [1.29, 1.82) is 0 Å². The molecule has 1 atom stereocenters. The molecule has 0 aliphatic carbocycles. The lowest BCUT2D eigenvalue weighted by molar-refractivity contribution is -0.274. The fourth-order valence-corrected chi connectivity index (χ4v) is 4.19. The molecule has 27 heavy (non-hydrogen) atoms. The third kappa shape index (κ3) is 5.60. The summed E-state index contributed by atoms with van der Waals surface area (Å²) < 4.78 is 67.2. The van der Waals surface area contributed by atoms with Crippen molar-refractivity contribution in [3.05, 3.63) is 30.0 Å². The van der Waals surface area contributed by atoms with Gasteiger partial charge in [-0.25, -0.2) is 13.1 Å². The number of ether oxygens (including phenoxy) is 1. The zero-order valence-electron chi connectivity index (χ0n) is 14.8. The molecule has 1 fully saturated rings. The summed E-state index contributed by atoms with van der Waals surface area (Å²) in [5.74, 6) is -0.207. The number of alkyl halides is 3. The van der Waals surface area contributed by atoms with Crippen molar-refractivity contribution in [3.8, 4) is 5.75 Å². The third-order valence-corrected chi connectivity index (χ3v) is 5.96. The highest BCUT2D eigenvalue weighted by Gasteiger charge is 2.31. The fourth-order valence-electron chi connectivity index (χ4n) is 3.33. The molecule has 0 bridgehead atoms. The molecular weight excluding hydrogens is 383 g/mol. The molecule has 1 aromatic heterocycles. The summed E-state index contributed by atoms with van der Waals surface area (Å²) >= 11 is 0. The minimum Gasteiger partial charge on any atom is -0.406 e. The number of fused-ring (bicyclic) bond motifs is 1. The van der Waals surface area contributed by atoms with Crippen molar-refractivity contribution in [1.82, 2.24) is 14.6 Å². The highest BCUT2D eigenvalue weighted by molar-refractivity contribution is 7.89. The van der Waals surface area contributed by atoms with Crippen molar-refractivity contribution in [2.24, 2.45) is 0 Å². The van der Waals surface area contributed by atoms with Crippen LogP contribution in [-0.2, 0) is 16.6 Å². The predicted molar refractivity (Wildman–Crippen MR) is 95.9 cm³/mol. The number of nitrogens with zero attached hydrogens (tertiary/aromatic N) is 1. The van der Waals surface area contributed by atoms with E-state index in [-0.39, 0.29) is 17.5 Å². The van der Waals surface area contributed by atoms with Crippen LogP contribution < -0.4 is 9.46 Å². The molecule has 2 N–H and O–H groups in total. The average molecular weight is 405 g/mol. The average Bonchev–Trinajstić information content (AvgIpc) is 2.94. The Morgan fingerprint density at radius 3 is 2.81 bits per heavy atom. The quantitative estimate of drug-likeness (QED) is 0.775. The molecule has 2 aromatic rings. The topological polar surface area (TPSA) is 74.4 Å². The standard InChI is InChI=1S/C17H22F3N3O3S/c1-2-27(24,25)22-13-4-3-7-23(10-13)11-14-8-12-9-15(26-17(18,19)20)5-6-16(12)21-14/h5-6,8-9,13,21-22H,2-4,7,10-11H2,1H3/t13-/m1/s1. The van der Waals surface area contributed by atoms with Crippen LogP contribution in [0, 0.1) is 0 Å². The molecule has 0 radical (unpaired) electrons. The molecule has 1 aliphatic heterocycles. The van der Waals surface area contributed by atoms with Gasteiger partial charge in [0, 0.05) is 35.7 Å². The van der Waals surface area contributed by atoms with Crippen LogP contribution in [-0.4, -0.2) is 49.5 Å². The second-order valence-electron chi connectivity index (χ2n) is 6.69. The van der Waals surface area contributed by atoms with Gasteiger partial charge in [-0.1, -0.05) is 0 Å². The van der Waals surface area contributed by atoms with E-state index in [1.165, 1.54) is 12.1 Å². The van der Waals surface area contributed by atoms with Crippen LogP contribution in [0.5, 0.6) is 5.75 Å². The van der Waals surface area contributed by atoms with Crippen LogP contribution in [0.25, 0.3) is 10.9 Å². The second-order valence-corrected chi connectivity index (χ2v) is 8.73. The lowest BCUT2D eigenvalue weighted by atomic mass is 10.1. The summed E-state index contributed by atoms with van der Waals surface area (Å²) in [6.45, 7) is 3.60. The van der Waals surface area contributed by atoms with E-state index in [9.17, 15) is 21.6 Å². The molecule has 0 saturated carbocycles. The number of sulfonamides is 1. The minimum absolute atomic E-state index is 0.0495. The van der Waals surface area contributed by atoms with E-state index >= 15 is 0 Å². The monoisotopic (exact) mass is 405 g/mol. The molecule has 1 saturated heterocycles. The number of H-pyrrole nitrogens is 1. The number of aromatic amines is 1. The summed E-state index contributed by atoms with van der Waals surface area (Å²) in [6.07, 6.45) is -3.05. The van der Waals surface area contributed by atoms with Crippen LogP contribution in [0.4, 0.5) is 13.2 Å². The Morgan fingerprint density at radius 2 is 2.11 bits per heavy atom. The fraction of sp³-hybridized carbons (Fsp3) is 0.529. The molecule has 0 amide bonds. The third-order valence-electron chi connectivity index (χ3n) is 4.51. The summed E-state index contributed by atoms with van der Waals surface area (Å²) in [6, 6.07) is 5.83. The Morgan fingerprint density at radius 1 is 1.33 bits per heavy atom. The van der Waals surface area contributed by atoms with Gasteiger partial charge >= 0.3 is 6.36 Å². The molecule has 3 rings (SSSR count). The molecule has 10 heteroatoms. The maximum absolute atomic E-state index is 12.4. The van der Waals surface area contributed by atoms with Crippen molar-refractivity contribution >= 4 is 20.9 Å². The first kappa shape index (κ1) is 20.0. The van der Waals surface area contributed by atoms with Gasteiger partial charge in [0.2, 0.25) is 10.0 Å². The van der Waals surface area contributed by atoms with Gasteiger partial charge < -0.3 is 9.72 Å². The molecule has 6 nitrogen and oxygen atoms in total. The summed E-state index contributed by atoms with van der Waals surface area (Å²) in [5, 5.41) is 0.631. The van der Waals surface area contributed by atoms with Crippen molar-refractivity contribution in [2.75, 3.05) is 18.8 Å². The van der Waals surface area contributed by atoms with Crippen molar-refractivity contribution in [3.63, 3.8) is 0 Å². The summed E-state index contributed by atoms with van der Waals surface area (Å²) in [5.41, 5.74) is 1.58. The number of halogens is 3. The highest BCUT2D eigenvalue weighted by Crippen LogP contribution is 2.27. The van der Waals surface area contributed by atoms with Crippen molar-refractivity contribution in [2.45, 2.75) is 38.7 Å². The van der Waals surface area contributed by atoms with Gasteiger partial charge in [0.25, 0.3) is 0 Å². The second kappa shape index (κ2) is 7.69. The van der Waals surface area contributed by atoms with Gasteiger partial charge in [-0.3, -0.25) is 4.90 Å². The summed E-state index contributed by atoms with van der Waals surface area (Å²) in [7, 11) is -3.25. The smallest absolute Gasteiger partial charge is 0.406 e. The van der Waals surface area contributed by atoms with Gasteiger partial charge in [-0.05, 0) is 50.6 Å². The maximum atomic E-state index is 12.4. The molecule has 1 aliphatic rings. The van der Waals surface area contributed by atoms with Crippen molar-refractivity contribution < 1.29 is 26.3 Å². The van der Waals surface area contributed by atoms with E-state index in [1.807, 2.05) is 0 Å². The molecule has 0 unspecified atom stereocenters. The number of piperidine rings is 1. The number of nitrogens with one attached hydrogen (secondary N) is 2. The van der Waals surface area contributed by atoms with Gasteiger partial charge in [-0.2, -0.15) is 0 Å². The molecule has 2 heterocycles.